The Kier molecular flexibility index (Phi) is 6.18. The fourth-order valence-electron chi connectivity index (χ4n) is 3.07. The van der Waals surface area contributed by atoms with E-state index in [0.29, 0.717) is 36.8 Å². The maximum absolute atomic E-state index is 12.8. The van der Waals surface area contributed by atoms with Crippen molar-refractivity contribution in [1.29, 1.82) is 0 Å². The zero-order valence-electron chi connectivity index (χ0n) is 17.2. The van der Waals surface area contributed by atoms with E-state index in [-0.39, 0.29) is 17.1 Å². The van der Waals surface area contributed by atoms with Crippen LogP contribution in [0.4, 0.5) is 11.4 Å². The average molecular weight is 472 g/mol. The highest BCUT2D eigenvalue weighted by atomic mass is 32.2. The van der Waals surface area contributed by atoms with Crippen LogP contribution in [0, 0.1) is 0 Å². The third kappa shape index (κ3) is 5.41. The molecule has 2 aromatic carbocycles. The van der Waals surface area contributed by atoms with E-state index in [2.05, 4.69) is 15.0 Å². The summed E-state index contributed by atoms with van der Waals surface area (Å²) in [4.78, 5) is 37.0. The van der Waals surface area contributed by atoms with Crippen molar-refractivity contribution in [2.24, 2.45) is 0 Å². The molecular formula is C21H20N4O7S. The summed E-state index contributed by atoms with van der Waals surface area (Å²) in [5.41, 5.74) is -0.563. The lowest BCUT2D eigenvalue weighted by atomic mass is 10.3. The lowest BCUT2D eigenvalue weighted by Crippen LogP contribution is -2.32. The van der Waals surface area contributed by atoms with Gasteiger partial charge in [-0.15, -0.1) is 0 Å². The first kappa shape index (κ1) is 22.1. The molecule has 0 saturated heterocycles. The van der Waals surface area contributed by atoms with Crippen LogP contribution in [0.1, 0.15) is 6.42 Å². The lowest BCUT2D eigenvalue weighted by Gasteiger charge is -2.12. The van der Waals surface area contributed by atoms with Crippen LogP contribution in [0.5, 0.6) is 11.5 Å². The molecule has 0 unspecified atom stereocenters. The minimum atomic E-state index is -3.88. The van der Waals surface area contributed by atoms with E-state index in [1.54, 1.807) is 6.07 Å². The second-order valence-corrected chi connectivity index (χ2v) is 8.81. The molecule has 172 valence electrons. The van der Waals surface area contributed by atoms with Gasteiger partial charge in [0.25, 0.3) is 15.6 Å². The summed E-state index contributed by atoms with van der Waals surface area (Å²) in [5, 5.41) is 2.60. The molecule has 1 amide bonds. The van der Waals surface area contributed by atoms with Gasteiger partial charge in [0.2, 0.25) is 5.91 Å². The molecule has 0 radical (unpaired) electrons. The fourth-order valence-corrected chi connectivity index (χ4v) is 4.14. The maximum atomic E-state index is 12.8. The monoisotopic (exact) mass is 472 g/mol. The molecule has 1 aromatic heterocycles. The van der Waals surface area contributed by atoms with Gasteiger partial charge in [-0.1, -0.05) is 0 Å². The lowest BCUT2D eigenvalue weighted by molar-refractivity contribution is -0.116. The van der Waals surface area contributed by atoms with Crippen LogP contribution in [0.2, 0.25) is 0 Å². The SMILES string of the molecule is O=C(Cn1ccc(=O)[nH]c1=O)Nc1ccc(NS(=O)(=O)c2ccc3c(c2)OCCCO3)cc1. The van der Waals surface area contributed by atoms with Crippen LogP contribution in [-0.2, 0) is 21.4 Å². The fraction of sp³-hybridized carbons (Fsp3) is 0.190. The van der Waals surface area contributed by atoms with Crippen LogP contribution in [0.15, 0.2) is 69.2 Å². The Bertz CT molecular complexity index is 1400. The Morgan fingerprint density at radius 2 is 1.67 bits per heavy atom. The zero-order chi connectivity index (χ0) is 23.4. The number of nitrogens with one attached hydrogen (secondary N) is 3. The van der Waals surface area contributed by atoms with Crippen molar-refractivity contribution in [3.63, 3.8) is 0 Å². The molecule has 0 atom stereocenters. The Labute approximate surface area is 188 Å². The number of aromatic amines is 1. The molecule has 4 rings (SSSR count). The van der Waals surface area contributed by atoms with Crippen molar-refractivity contribution >= 4 is 27.3 Å². The summed E-state index contributed by atoms with van der Waals surface area (Å²) >= 11 is 0. The zero-order valence-corrected chi connectivity index (χ0v) is 18.1. The third-order valence-electron chi connectivity index (χ3n) is 4.66. The topological polar surface area (TPSA) is 149 Å². The minimum Gasteiger partial charge on any atom is -0.490 e. The smallest absolute Gasteiger partial charge is 0.328 e. The summed E-state index contributed by atoms with van der Waals surface area (Å²) in [6.07, 6.45) is 1.93. The van der Waals surface area contributed by atoms with Gasteiger partial charge >= 0.3 is 5.69 Å². The van der Waals surface area contributed by atoms with Crippen LogP contribution in [-0.4, -0.2) is 37.1 Å². The predicted molar refractivity (Wildman–Crippen MR) is 119 cm³/mol. The van der Waals surface area contributed by atoms with E-state index in [4.69, 9.17) is 9.47 Å². The van der Waals surface area contributed by atoms with E-state index in [0.717, 1.165) is 10.6 Å². The van der Waals surface area contributed by atoms with Gasteiger partial charge in [-0.2, -0.15) is 0 Å². The quantitative estimate of drug-likeness (QED) is 0.487. The number of ether oxygens (including phenoxy) is 2. The number of benzene rings is 2. The first-order valence-electron chi connectivity index (χ1n) is 9.92. The highest BCUT2D eigenvalue weighted by Gasteiger charge is 2.19. The highest BCUT2D eigenvalue weighted by Crippen LogP contribution is 2.32. The van der Waals surface area contributed by atoms with E-state index < -0.39 is 27.2 Å². The Balaban J connectivity index is 1.41. The van der Waals surface area contributed by atoms with Gasteiger partial charge in [0.15, 0.2) is 11.5 Å². The largest absolute Gasteiger partial charge is 0.490 e. The first-order chi connectivity index (χ1) is 15.8. The summed E-state index contributed by atoms with van der Waals surface area (Å²) in [6, 6.07) is 11.5. The number of anilines is 2. The molecule has 0 saturated carbocycles. The summed E-state index contributed by atoms with van der Waals surface area (Å²) in [6.45, 7) is 0.643. The van der Waals surface area contributed by atoms with Crippen molar-refractivity contribution in [2.45, 2.75) is 17.9 Å². The van der Waals surface area contributed by atoms with Crippen LogP contribution < -0.4 is 30.8 Å². The normalized spacial score (nSPS) is 13.1. The number of sulfonamides is 1. The molecule has 12 heteroatoms. The number of hydrogen-bond acceptors (Lipinski definition) is 7. The van der Waals surface area contributed by atoms with Gasteiger partial charge in [0.1, 0.15) is 6.54 Å². The van der Waals surface area contributed by atoms with Crippen LogP contribution in [0.3, 0.4) is 0 Å². The van der Waals surface area contributed by atoms with Gasteiger partial charge in [0.05, 0.1) is 18.1 Å². The van der Waals surface area contributed by atoms with Crippen molar-refractivity contribution in [2.75, 3.05) is 23.3 Å². The number of H-pyrrole nitrogens is 1. The molecule has 2 heterocycles. The predicted octanol–water partition coefficient (Wildman–Crippen LogP) is 1.14. The third-order valence-corrected chi connectivity index (χ3v) is 6.04. The highest BCUT2D eigenvalue weighted by molar-refractivity contribution is 7.92. The van der Waals surface area contributed by atoms with E-state index in [9.17, 15) is 22.8 Å². The number of aromatic nitrogens is 2. The number of carbonyl (C=O) groups excluding carboxylic acids is 1. The molecule has 3 N–H and O–H groups in total. The van der Waals surface area contributed by atoms with Crippen molar-refractivity contribution in [3.8, 4) is 11.5 Å². The molecule has 11 nitrogen and oxygen atoms in total. The van der Waals surface area contributed by atoms with Crippen molar-refractivity contribution < 1.29 is 22.7 Å². The number of hydrogen-bond donors (Lipinski definition) is 3. The number of nitrogens with zero attached hydrogens (tertiary/aromatic N) is 1. The van der Waals surface area contributed by atoms with Gasteiger partial charge in [-0.3, -0.25) is 23.9 Å². The van der Waals surface area contributed by atoms with E-state index in [1.165, 1.54) is 42.6 Å². The second-order valence-electron chi connectivity index (χ2n) is 7.13. The number of carbonyl (C=O) groups is 1. The molecular weight excluding hydrogens is 452 g/mol. The Morgan fingerprint density at radius 3 is 2.39 bits per heavy atom. The Hall–Kier alpha value is -4.06. The average Bonchev–Trinajstić information content (AvgIpc) is 3.02. The number of rotatable bonds is 6. The summed E-state index contributed by atoms with van der Waals surface area (Å²) < 4.78 is 40.1. The molecule has 0 fully saturated rings. The van der Waals surface area contributed by atoms with Gasteiger partial charge in [0, 0.05) is 36.1 Å². The van der Waals surface area contributed by atoms with Gasteiger partial charge in [-0.25, -0.2) is 13.2 Å². The molecule has 0 bridgehead atoms. The molecule has 3 aromatic rings. The van der Waals surface area contributed by atoms with Gasteiger partial charge < -0.3 is 14.8 Å². The molecule has 0 spiro atoms. The van der Waals surface area contributed by atoms with Crippen molar-refractivity contribution in [1.82, 2.24) is 9.55 Å². The second kappa shape index (κ2) is 9.20. The standard InChI is InChI=1S/C21H20N4O7S/c26-19-8-9-25(21(28)23-19)13-20(27)22-14-2-4-15(5-3-14)24-33(29,30)16-6-7-17-18(12-16)32-11-1-10-31-17/h2-9,12,24H,1,10-11,13H2,(H,22,27)(H,23,26,28). The molecule has 0 aliphatic carbocycles. The van der Waals surface area contributed by atoms with E-state index in [1.807, 2.05) is 0 Å². The number of amides is 1. The first-order valence-corrected chi connectivity index (χ1v) is 11.4. The maximum Gasteiger partial charge on any atom is 0.328 e. The number of fused-ring (bicyclic) bond motifs is 1. The molecule has 33 heavy (non-hydrogen) atoms. The van der Waals surface area contributed by atoms with E-state index >= 15 is 0 Å². The van der Waals surface area contributed by atoms with Crippen molar-refractivity contribution in [3.05, 3.63) is 75.6 Å². The van der Waals surface area contributed by atoms with Crippen LogP contribution in [0.25, 0.3) is 0 Å². The minimum absolute atomic E-state index is 0.0236. The molecule has 1 aliphatic rings. The summed E-state index contributed by atoms with van der Waals surface area (Å²) in [7, 11) is -3.88. The Morgan fingerprint density at radius 1 is 0.970 bits per heavy atom. The summed E-state index contributed by atoms with van der Waals surface area (Å²) in [5.74, 6) is 0.371. The molecule has 1 aliphatic heterocycles. The van der Waals surface area contributed by atoms with Crippen LogP contribution >= 0.6 is 0 Å². The van der Waals surface area contributed by atoms with Gasteiger partial charge in [-0.05, 0) is 36.4 Å².